The van der Waals surface area contributed by atoms with E-state index in [1.807, 2.05) is 12.3 Å². The monoisotopic (exact) mass is 299 g/mol. The van der Waals surface area contributed by atoms with Crippen molar-refractivity contribution in [2.45, 2.75) is 12.6 Å². The Hall–Kier alpha value is -1.92. The van der Waals surface area contributed by atoms with Gasteiger partial charge in [-0.15, -0.1) is 0 Å². The third-order valence-corrected chi connectivity index (χ3v) is 4.61. The highest BCUT2D eigenvalue weighted by molar-refractivity contribution is 5.38. The number of nitrogens with zero attached hydrogens (tertiary/aromatic N) is 5. The van der Waals surface area contributed by atoms with E-state index < -0.39 is 0 Å². The van der Waals surface area contributed by atoms with Crippen LogP contribution in [-0.2, 0) is 6.54 Å². The van der Waals surface area contributed by atoms with Crippen LogP contribution < -0.4 is 4.90 Å². The molecule has 116 valence electrons. The van der Waals surface area contributed by atoms with Crippen molar-refractivity contribution in [1.82, 2.24) is 19.8 Å². The summed E-state index contributed by atoms with van der Waals surface area (Å²) in [6.07, 6.45) is 5.11. The standard InChI is InChI=1S/C16H21N5O/c1-2-4-17-16(3-1)21-7-5-20(6-8-21)15-10-19(11-15)9-14-12-22-13-18-14/h1-4,12-13,15H,5-11H2. The molecule has 0 radical (unpaired) electrons. The van der Waals surface area contributed by atoms with Gasteiger partial charge in [-0.25, -0.2) is 9.97 Å². The minimum absolute atomic E-state index is 0.692. The number of rotatable bonds is 4. The predicted octanol–water partition coefficient (Wildman–Crippen LogP) is 1.08. The third-order valence-electron chi connectivity index (χ3n) is 4.61. The Kier molecular flexibility index (Phi) is 3.78. The maximum absolute atomic E-state index is 5.02. The van der Waals surface area contributed by atoms with Crippen LogP contribution in [0.4, 0.5) is 5.82 Å². The molecular weight excluding hydrogens is 278 g/mol. The van der Waals surface area contributed by atoms with Gasteiger partial charge in [0.2, 0.25) is 0 Å². The van der Waals surface area contributed by atoms with Crippen molar-refractivity contribution in [3.63, 3.8) is 0 Å². The summed E-state index contributed by atoms with van der Waals surface area (Å²) in [6, 6.07) is 6.82. The van der Waals surface area contributed by atoms with Crippen molar-refractivity contribution in [3.8, 4) is 0 Å². The van der Waals surface area contributed by atoms with E-state index in [4.69, 9.17) is 4.42 Å². The zero-order valence-electron chi connectivity index (χ0n) is 12.6. The van der Waals surface area contributed by atoms with Gasteiger partial charge in [0, 0.05) is 58.1 Å². The summed E-state index contributed by atoms with van der Waals surface area (Å²) in [6.45, 7) is 7.56. The molecule has 2 saturated heterocycles. The quantitative estimate of drug-likeness (QED) is 0.842. The van der Waals surface area contributed by atoms with E-state index in [1.165, 1.54) is 6.39 Å². The van der Waals surface area contributed by atoms with Gasteiger partial charge in [0.25, 0.3) is 0 Å². The van der Waals surface area contributed by atoms with Crippen LogP contribution in [0.15, 0.2) is 41.5 Å². The molecule has 0 amide bonds. The van der Waals surface area contributed by atoms with E-state index in [2.05, 4.69) is 36.8 Å². The molecule has 0 saturated carbocycles. The number of aromatic nitrogens is 2. The fraction of sp³-hybridized carbons (Fsp3) is 0.500. The molecule has 0 N–H and O–H groups in total. The van der Waals surface area contributed by atoms with E-state index in [9.17, 15) is 0 Å². The lowest BCUT2D eigenvalue weighted by molar-refractivity contribution is 0.0248. The largest absolute Gasteiger partial charge is 0.451 e. The Morgan fingerprint density at radius 1 is 1.09 bits per heavy atom. The van der Waals surface area contributed by atoms with Crippen molar-refractivity contribution in [3.05, 3.63) is 42.7 Å². The number of piperazine rings is 1. The van der Waals surface area contributed by atoms with Crippen molar-refractivity contribution >= 4 is 5.82 Å². The summed E-state index contributed by atoms with van der Waals surface area (Å²) < 4.78 is 5.02. The van der Waals surface area contributed by atoms with E-state index in [0.29, 0.717) is 6.04 Å². The number of pyridine rings is 1. The second kappa shape index (κ2) is 6.06. The molecule has 4 rings (SSSR count). The average molecular weight is 299 g/mol. The number of likely N-dealkylation sites (tertiary alicyclic amines) is 1. The van der Waals surface area contributed by atoms with Crippen LogP contribution in [0.5, 0.6) is 0 Å². The molecule has 22 heavy (non-hydrogen) atoms. The zero-order chi connectivity index (χ0) is 14.8. The Morgan fingerprint density at radius 2 is 1.95 bits per heavy atom. The van der Waals surface area contributed by atoms with E-state index >= 15 is 0 Å². The highest BCUT2D eigenvalue weighted by Crippen LogP contribution is 2.20. The lowest BCUT2D eigenvalue weighted by Crippen LogP contribution is -2.62. The lowest BCUT2D eigenvalue weighted by atomic mass is 10.1. The fourth-order valence-electron chi connectivity index (χ4n) is 3.30. The number of oxazole rings is 1. The number of hydrogen-bond acceptors (Lipinski definition) is 6. The molecule has 0 bridgehead atoms. The van der Waals surface area contributed by atoms with E-state index in [-0.39, 0.29) is 0 Å². The first kappa shape index (κ1) is 13.7. The summed E-state index contributed by atoms with van der Waals surface area (Å²) in [5.74, 6) is 1.10. The molecule has 6 heteroatoms. The molecule has 6 nitrogen and oxygen atoms in total. The van der Waals surface area contributed by atoms with Crippen molar-refractivity contribution in [2.24, 2.45) is 0 Å². The van der Waals surface area contributed by atoms with Gasteiger partial charge in [-0.05, 0) is 12.1 Å². The molecule has 0 spiro atoms. The van der Waals surface area contributed by atoms with E-state index in [0.717, 1.165) is 57.3 Å². The first-order chi connectivity index (χ1) is 10.9. The second-order valence-corrected chi connectivity index (χ2v) is 6.04. The summed E-state index contributed by atoms with van der Waals surface area (Å²) in [4.78, 5) is 16.0. The van der Waals surface area contributed by atoms with Crippen LogP contribution in [0.3, 0.4) is 0 Å². The highest BCUT2D eigenvalue weighted by Gasteiger charge is 2.33. The van der Waals surface area contributed by atoms with Crippen LogP contribution in [0.25, 0.3) is 0 Å². The second-order valence-electron chi connectivity index (χ2n) is 6.04. The molecule has 2 aromatic heterocycles. The van der Waals surface area contributed by atoms with Gasteiger partial charge >= 0.3 is 0 Å². The molecule has 2 aromatic rings. The summed E-state index contributed by atoms with van der Waals surface area (Å²) in [5.41, 5.74) is 1.03. The number of anilines is 1. The van der Waals surface area contributed by atoms with Crippen molar-refractivity contribution in [1.29, 1.82) is 0 Å². The van der Waals surface area contributed by atoms with Gasteiger partial charge in [0.1, 0.15) is 12.1 Å². The first-order valence-corrected chi connectivity index (χ1v) is 7.88. The van der Waals surface area contributed by atoms with Crippen LogP contribution in [0.2, 0.25) is 0 Å². The molecule has 4 heterocycles. The van der Waals surface area contributed by atoms with Gasteiger partial charge in [-0.3, -0.25) is 9.80 Å². The van der Waals surface area contributed by atoms with E-state index in [1.54, 1.807) is 6.26 Å². The lowest BCUT2D eigenvalue weighted by Gasteiger charge is -2.48. The Labute approximate surface area is 130 Å². The van der Waals surface area contributed by atoms with Gasteiger partial charge in [0.05, 0.1) is 5.69 Å². The predicted molar refractivity (Wildman–Crippen MR) is 83.6 cm³/mol. The van der Waals surface area contributed by atoms with Gasteiger partial charge in [0.15, 0.2) is 6.39 Å². The van der Waals surface area contributed by atoms with Crippen LogP contribution in [0.1, 0.15) is 5.69 Å². The smallest absolute Gasteiger partial charge is 0.180 e. The average Bonchev–Trinajstić information content (AvgIpc) is 3.05. The van der Waals surface area contributed by atoms with Gasteiger partial charge in [-0.1, -0.05) is 6.07 Å². The molecular formula is C16H21N5O. The molecule has 2 aliphatic rings. The Bertz CT molecular complexity index is 574. The summed E-state index contributed by atoms with van der Waals surface area (Å²) in [7, 11) is 0. The van der Waals surface area contributed by atoms with Crippen LogP contribution in [0, 0.1) is 0 Å². The molecule has 0 unspecified atom stereocenters. The normalized spacial score (nSPS) is 21.0. The summed E-state index contributed by atoms with van der Waals surface area (Å²) >= 11 is 0. The molecule has 2 fully saturated rings. The Morgan fingerprint density at radius 3 is 2.64 bits per heavy atom. The zero-order valence-corrected chi connectivity index (χ0v) is 12.6. The number of hydrogen-bond donors (Lipinski definition) is 0. The molecule has 0 atom stereocenters. The summed E-state index contributed by atoms with van der Waals surface area (Å²) in [5, 5.41) is 0. The fourth-order valence-corrected chi connectivity index (χ4v) is 3.30. The molecule has 2 aliphatic heterocycles. The maximum atomic E-state index is 5.02. The SMILES string of the molecule is c1ccc(N2CCN(C3CN(Cc4cocn4)C3)CC2)nc1. The van der Waals surface area contributed by atoms with Crippen LogP contribution >= 0.6 is 0 Å². The minimum atomic E-state index is 0.692. The van der Waals surface area contributed by atoms with Crippen molar-refractivity contribution < 1.29 is 4.42 Å². The minimum Gasteiger partial charge on any atom is -0.451 e. The highest BCUT2D eigenvalue weighted by atomic mass is 16.3. The topological polar surface area (TPSA) is 48.6 Å². The third kappa shape index (κ3) is 2.84. The molecule has 0 aromatic carbocycles. The Balaban J connectivity index is 1.24. The first-order valence-electron chi connectivity index (χ1n) is 7.88. The van der Waals surface area contributed by atoms with Gasteiger partial charge in [-0.2, -0.15) is 0 Å². The molecule has 0 aliphatic carbocycles. The maximum Gasteiger partial charge on any atom is 0.180 e. The van der Waals surface area contributed by atoms with Crippen molar-refractivity contribution in [2.75, 3.05) is 44.2 Å². The van der Waals surface area contributed by atoms with Crippen LogP contribution in [-0.4, -0.2) is 65.1 Å². The van der Waals surface area contributed by atoms with Gasteiger partial charge < -0.3 is 9.32 Å².